The molecule has 1 aromatic heterocycles. The highest BCUT2D eigenvalue weighted by Gasteiger charge is 2.25. The van der Waals surface area contributed by atoms with Gasteiger partial charge in [-0.3, -0.25) is 0 Å². The van der Waals surface area contributed by atoms with Crippen LogP contribution in [0.15, 0.2) is 4.52 Å². The summed E-state index contributed by atoms with van der Waals surface area (Å²) in [5, 5.41) is 7.74. The molecule has 3 unspecified atom stereocenters. The van der Waals surface area contributed by atoms with Gasteiger partial charge in [0.2, 0.25) is 5.89 Å². The number of aromatic nitrogens is 2. The van der Waals surface area contributed by atoms with Gasteiger partial charge in [-0.25, -0.2) is 0 Å². The molecule has 2 rings (SSSR count). The van der Waals surface area contributed by atoms with Gasteiger partial charge in [0, 0.05) is 18.4 Å². The van der Waals surface area contributed by atoms with E-state index in [1.165, 1.54) is 38.5 Å². The summed E-state index contributed by atoms with van der Waals surface area (Å²) in [6.07, 6.45) is 9.55. The van der Waals surface area contributed by atoms with Crippen LogP contribution < -0.4 is 5.32 Å². The molecule has 0 amide bonds. The molecular formula is C17H31N3O. The fourth-order valence-electron chi connectivity index (χ4n) is 3.26. The lowest BCUT2D eigenvalue weighted by molar-refractivity contribution is 0.297. The second-order valence-corrected chi connectivity index (χ2v) is 6.58. The van der Waals surface area contributed by atoms with Crippen molar-refractivity contribution in [1.29, 1.82) is 0 Å². The molecule has 1 aromatic rings. The van der Waals surface area contributed by atoms with Crippen molar-refractivity contribution in [2.75, 3.05) is 6.54 Å². The van der Waals surface area contributed by atoms with E-state index in [0.717, 1.165) is 37.0 Å². The van der Waals surface area contributed by atoms with Crippen LogP contribution in [0.4, 0.5) is 0 Å². The van der Waals surface area contributed by atoms with Gasteiger partial charge in [0.15, 0.2) is 5.82 Å². The Morgan fingerprint density at radius 3 is 2.95 bits per heavy atom. The first kappa shape index (κ1) is 16.5. The second-order valence-electron chi connectivity index (χ2n) is 6.58. The minimum absolute atomic E-state index is 0.513. The van der Waals surface area contributed by atoms with E-state index in [1.807, 2.05) is 0 Å². The highest BCUT2D eigenvalue weighted by atomic mass is 16.5. The highest BCUT2D eigenvalue weighted by molar-refractivity contribution is 4.98. The van der Waals surface area contributed by atoms with Crippen LogP contribution in [0.3, 0.4) is 0 Å². The molecule has 3 atom stereocenters. The zero-order valence-corrected chi connectivity index (χ0v) is 13.9. The molecule has 1 N–H and O–H groups in total. The number of hydrogen-bond donors (Lipinski definition) is 1. The van der Waals surface area contributed by atoms with Crippen LogP contribution in [0.25, 0.3) is 0 Å². The van der Waals surface area contributed by atoms with Crippen LogP contribution in [-0.2, 0) is 6.42 Å². The third-order valence-electron chi connectivity index (χ3n) is 4.74. The molecule has 1 saturated carbocycles. The zero-order valence-electron chi connectivity index (χ0n) is 13.9. The summed E-state index contributed by atoms with van der Waals surface area (Å²) in [5.41, 5.74) is 0. The van der Waals surface area contributed by atoms with Crippen molar-refractivity contribution in [2.24, 2.45) is 5.92 Å². The van der Waals surface area contributed by atoms with Crippen LogP contribution in [0.5, 0.6) is 0 Å². The topological polar surface area (TPSA) is 51.0 Å². The lowest BCUT2D eigenvalue weighted by Gasteiger charge is -2.26. The van der Waals surface area contributed by atoms with Crippen LogP contribution >= 0.6 is 0 Å². The van der Waals surface area contributed by atoms with E-state index >= 15 is 0 Å². The molecule has 0 aliphatic heterocycles. The van der Waals surface area contributed by atoms with Crippen molar-refractivity contribution in [3.63, 3.8) is 0 Å². The third-order valence-corrected chi connectivity index (χ3v) is 4.74. The number of hydrogen-bond acceptors (Lipinski definition) is 4. The average molecular weight is 293 g/mol. The fourth-order valence-corrected chi connectivity index (χ4v) is 3.26. The Hall–Kier alpha value is -0.900. The molecule has 0 saturated heterocycles. The maximum Gasteiger partial charge on any atom is 0.226 e. The number of rotatable bonds is 8. The van der Waals surface area contributed by atoms with E-state index in [2.05, 4.69) is 36.2 Å². The molecular weight excluding hydrogens is 262 g/mol. The van der Waals surface area contributed by atoms with Gasteiger partial charge in [-0.05, 0) is 45.1 Å². The summed E-state index contributed by atoms with van der Waals surface area (Å²) >= 11 is 0. The Morgan fingerprint density at radius 1 is 1.33 bits per heavy atom. The van der Waals surface area contributed by atoms with Crippen LogP contribution in [0.1, 0.15) is 83.3 Å². The van der Waals surface area contributed by atoms with Gasteiger partial charge in [-0.15, -0.1) is 0 Å². The molecule has 21 heavy (non-hydrogen) atoms. The maximum absolute atomic E-state index is 5.45. The minimum Gasteiger partial charge on any atom is -0.339 e. The number of nitrogens with one attached hydrogen (secondary N) is 1. The smallest absolute Gasteiger partial charge is 0.226 e. The summed E-state index contributed by atoms with van der Waals surface area (Å²) < 4.78 is 5.45. The predicted octanol–water partition coefficient (Wildman–Crippen LogP) is 4.07. The highest BCUT2D eigenvalue weighted by Crippen LogP contribution is 2.36. The van der Waals surface area contributed by atoms with Gasteiger partial charge in [0.25, 0.3) is 0 Å². The quantitative estimate of drug-likeness (QED) is 0.785. The zero-order chi connectivity index (χ0) is 15.1. The molecule has 1 heterocycles. The van der Waals surface area contributed by atoms with E-state index in [-0.39, 0.29) is 0 Å². The van der Waals surface area contributed by atoms with Gasteiger partial charge in [-0.2, -0.15) is 4.98 Å². The standard InChI is InChI=1S/C17H31N3O/c1-4-11-18-13(3)9-10-16-19-17(20-21-16)15-8-6-7-14(5-2)12-15/h13-15,18H,4-12H2,1-3H3. The second kappa shape index (κ2) is 8.52. The number of nitrogens with zero attached hydrogens (tertiary/aromatic N) is 2. The van der Waals surface area contributed by atoms with E-state index in [4.69, 9.17) is 4.52 Å². The van der Waals surface area contributed by atoms with Crippen molar-refractivity contribution < 1.29 is 4.52 Å². The van der Waals surface area contributed by atoms with Gasteiger partial charge in [0.1, 0.15) is 0 Å². The van der Waals surface area contributed by atoms with E-state index in [1.54, 1.807) is 0 Å². The first-order chi connectivity index (χ1) is 10.2. The summed E-state index contributed by atoms with van der Waals surface area (Å²) in [6.45, 7) is 7.79. The molecule has 4 nitrogen and oxygen atoms in total. The first-order valence-corrected chi connectivity index (χ1v) is 8.78. The third kappa shape index (κ3) is 5.10. The normalized spacial score (nSPS) is 24.1. The molecule has 0 spiro atoms. The lowest BCUT2D eigenvalue weighted by atomic mass is 9.80. The van der Waals surface area contributed by atoms with Crippen molar-refractivity contribution in [2.45, 2.75) is 84.1 Å². The van der Waals surface area contributed by atoms with Crippen molar-refractivity contribution in [1.82, 2.24) is 15.5 Å². The molecule has 0 radical (unpaired) electrons. The summed E-state index contributed by atoms with van der Waals surface area (Å²) in [4.78, 5) is 4.65. The Labute approximate surface area is 129 Å². The largest absolute Gasteiger partial charge is 0.339 e. The molecule has 4 heteroatoms. The molecule has 1 aliphatic rings. The molecule has 120 valence electrons. The minimum atomic E-state index is 0.513. The number of aryl methyl sites for hydroxylation is 1. The summed E-state index contributed by atoms with van der Waals surface area (Å²) in [5.74, 6) is 3.15. The van der Waals surface area contributed by atoms with Crippen molar-refractivity contribution >= 4 is 0 Å². The van der Waals surface area contributed by atoms with Gasteiger partial charge in [0.05, 0.1) is 0 Å². The molecule has 0 aromatic carbocycles. The maximum atomic E-state index is 5.45. The Bertz CT molecular complexity index is 404. The van der Waals surface area contributed by atoms with Gasteiger partial charge in [-0.1, -0.05) is 38.3 Å². The van der Waals surface area contributed by atoms with Gasteiger partial charge < -0.3 is 9.84 Å². The van der Waals surface area contributed by atoms with Crippen molar-refractivity contribution in [3.05, 3.63) is 11.7 Å². The van der Waals surface area contributed by atoms with E-state index < -0.39 is 0 Å². The monoisotopic (exact) mass is 293 g/mol. The Morgan fingerprint density at radius 2 is 2.19 bits per heavy atom. The SMILES string of the molecule is CCCNC(C)CCc1nc(C2CCCC(CC)C2)no1. The van der Waals surface area contributed by atoms with Crippen LogP contribution in [0.2, 0.25) is 0 Å². The summed E-state index contributed by atoms with van der Waals surface area (Å²) in [7, 11) is 0. The van der Waals surface area contributed by atoms with Crippen LogP contribution in [0, 0.1) is 5.92 Å². The van der Waals surface area contributed by atoms with Crippen molar-refractivity contribution in [3.8, 4) is 0 Å². The van der Waals surface area contributed by atoms with E-state index in [9.17, 15) is 0 Å². The molecule has 0 bridgehead atoms. The Balaban J connectivity index is 1.80. The average Bonchev–Trinajstić information content (AvgIpc) is 3.00. The lowest BCUT2D eigenvalue weighted by Crippen LogP contribution is -2.27. The Kier molecular flexibility index (Phi) is 6.68. The summed E-state index contributed by atoms with van der Waals surface area (Å²) in [6, 6.07) is 0.513. The molecule has 1 aliphatic carbocycles. The van der Waals surface area contributed by atoms with Gasteiger partial charge >= 0.3 is 0 Å². The van der Waals surface area contributed by atoms with Crippen LogP contribution in [-0.4, -0.2) is 22.7 Å². The first-order valence-electron chi connectivity index (χ1n) is 8.78. The fraction of sp³-hybridized carbons (Fsp3) is 0.882. The predicted molar refractivity (Wildman–Crippen MR) is 85.4 cm³/mol. The van der Waals surface area contributed by atoms with E-state index in [0.29, 0.717) is 12.0 Å². The molecule has 1 fully saturated rings.